The molecule has 1 N–H and O–H groups in total. The Balaban J connectivity index is 2.36. The van der Waals surface area contributed by atoms with Gasteiger partial charge < -0.3 is 5.11 Å². The minimum Gasteiger partial charge on any atom is -0.388 e. The molecule has 1 unspecified atom stereocenters. The van der Waals surface area contributed by atoms with Crippen LogP contribution in [0.25, 0.3) is 0 Å². The highest BCUT2D eigenvalue weighted by Gasteiger charge is 2.18. The van der Waals surface area contributed by atoms with Gasteiger partial charge in [0, 0.05) is 0 Å². The zero-order chi connectivity index (χ0) is 15.0. The van der Waals surface area contributed by atoms with Gasteiger partial charge in [0.05, 0.1) is 11.7 Å². The average Bonchev–Trinajstić information content (AvgIpc) is 2.42. The van der Waals surface area contributed by atoms with Crippen molar-refractivity contribution in [1.29, 1.82) is 0 Å². The quantitative estimate of drug-likeness (QED) is 0.598. The van der Waals surface area contributed by atoms with Crippen molar-refractivity contribution in [2.24, 2.45) is 0 Å². The highest BCUT2D eigenvalue weighted by atomic mass is 19.1. The molecule has 1 aromatic rings. The van der Waals surface area contributed by atoms with Crippen molar-refractivity contribution in [1.82, 2.24) is 0 Å². The predicted molar refractivity (Wildman–Crippen MR) is 78.7 cm³/mol. The summed E-state index contributed by atoms with van der Waals surface area (Å²) in [5.41, 5.74) is 0.205. The van der Waals surface area contributed by atoms with Crippen LogP contribution in [-0.4, -0.2) is 5.11 Å². The second kappa shape index (κ2) is 9.06. The standard InChI is InChI=1S/C17H26F2O/c1-3-4-5-6-7-8-9-10-15(20)16-14(18)12-11-13(2)17(16)19/h11-12,15,20H,3-10H2,1-2H3. The lowest BCUT2D eigenvalue weighted by Gasteiger charge is -2.14. The molecule has 0 heterocycles. The van der Waals surface area contributed by atoms with Gasteiger partial charge >= 0.3 is 0 Å². The van der Waals surface area contributed by atoms with Gasteiger partial charge in [-0.25, -0.2) is 8.78 Å². The fourth-order valence-corrected chi connectivity index (χ4v) is 2.42. The van der Waals surface area contributed by atoms with Crippen LogP contribution in [0.4, 0.5) is 8.78 Å². The minimum atomic E-state index is -1.04. The van der Waals surface area contributed by atoms with Gasteiger partial charge in [0.15, 0.2) is 0 Å². The monoisotopic (exact) mass is 284 g/mol. The number of hydrogen-bond acceptors (Lipinski definition) is 1. The summed E-state index contributed by atoms with van der Waals surface area (Å²) in [5, 5.41) is 9.97. The third kappa shape index (κ3) is 5.20. The fourth-order valence-electron chi connectivity index (χ4n) is 2.42. The van der Waals surface area contributed by atoms with Gasteiger partial charge in [-0.1, -0.05) is 57.9 Å². The Morgan fingerprint density at radius 1 is 1.00 bits per heavy atom. The van der Waals surface area contributed by atoms with E-state index in [1.54, 1.807) is 6.92 Å². The van der Waals surface area contributed by atoms with Crippen molar-refractivity contribution in [2.75, 3.05) is 0 Å². The Morgan fingerprint density at radius 2 is 1.60 bits per heavy atom. The maximum absolute atomic E-state index is 13.8. The number of rotatable bonds is 9. The van der Waals surface area contributed by atoms with Gasteiger partial charge in [-0.2, -0.15) is 0 Å². The van der Waals surface area contributed by atoms with Crippen LogP contribution < -0.4 is 0 Å². The average molecular weight is 284 g/mol. The van der Waals surface area contributed by atoms with E-state index in [4.69, 9.17) is 0 Å². The molecular formula is C17H26F2O. The molecular weight excluding hydrogens is 258 g/mol. The molecule has 0 aromatic heterocycles. The van der Waals surface area contributed by atoms with E-state index in [9.17, 15) is 13.9 Å². The third-order valence-corrected chi connectivity index (χ3v) is 3.73. The number of aliphatic hydroxyl groups is 1. The largest absolute Gasteiger partial charge is 0.388 e. The van der Waals surface area contributed by atoms with Crippen molar-refractivity contribution < 1.29 is 13.9 Å². The molecule has 1 nitrogen and oxygen atoms in total. The molecule has 1 atom stereocenters. The molecule has 0 amide bonds. The topological polar surface area (TPSA) is 20.2 Å². The van der Waals surface area contributed by atoms with E-state index in [2.05, 4.69) is 6.92 Å². The second-order valence-electron chi connectivity index (χ2n) is 5.52. The van der Waals surface area contributed by atoms with Gasteiger partial charge in [-0.3, -0.25) is 0 Å². The van der Waals surface area contributed by atoms with E-state index in [-0.39, 0.29) is 5.56 Å². The summed E-state index contributed by atoms with van der Waals surface area (Å²) in [6, 6.07) is 2.62. The zero-order valence-corrected chi connectivity index (χ0v) is 12.6. The van der Waals surface area contributed by atoms with Gasteiger partial charge in [0.1, 0.15) is 11.6 Å². The summed E-state index contributed by atoms with van der Waals surface area (Å²) in [6.07, 6.45) is 7.28. The Hall–Kier alpha value is -0.960. The van der Waals surface area contributed by atoms with Crippen LogP contribution in [0.1, 0.15) is 75.5 Å². The van der Waals surface area contributed by atoms with E-state index >= 15 is 0 Å². The summed E-state index contributed by atoms with van der Waals surface area (Å²) in [5.74, 6) is -1.26. The first-order valence-corrected chi connectivity index (χ1v) is 7.70. The second-order valence-corrected chi connectivity index (χ2v) is 5.52. The molecule has 3 heteroatoms. The smallest absolute Gasteiger partial charge is 0.134 e. The molecule has 0 radical (unpaired) electrons. The number of aryl methyl sites for hydroxylation is 1. The first-order chi connectivity index (χ1) is 9.57. The summed E-state index contributed by atoms with van der Waals surface area (Å²) >= 11 is 0. The summed E-state index contributed by atoms with van der Waals surface area (Å²) in [4.78, 5) is 0. The molecule has 0 aliphatic rings. The maximum Gasteiger partial charge on any atom is 0.134 e. The van der Waals surface area contributed by atoms with Gasteiger partial charge in [0.2, 0.25) is 0 Å². The molecule has 0 fully saturated rings. The number of halogens is 2. The Morgan fingerprint density at radius 3 is 2.25 bits per heavy atom. The highest BCUT2D eigenvalue weighted by molar-refractivity contribution is 5.28. The van der Waals surface area contributed by atoms with Gasteiger partial charge in [-0.15, -0.1) is 0 Å². The molecule has 1 aromatic carbocycles. The summed E-state index contributed by atoms with van der Waals surface area (Å²) in [6.45, 7) is 3.76. The summed E-state index contributed by atoms with van der Waals surface area (Å²) < 4.78 is 27.4. The van der Waals surface area contributed by atoms with Crippen LogP contribution >= 0.6 is 0 Å². The van der Waals surface area contributed by atoms with Crippen molar-refractivity contribution in [3.05, 3.63) is 34.9 Å². The van der Waals surface area contributed by atoms with Crippen LogP contribution in [0.5, 0.6) is 0 Å². The third-order valence-electron chi connectivity index (χ3n) is 3.73. The fraction of sp³-hybridized carbons (Fsp3) is 0.647. The molecule has 0 aliphatic heterocycles. The van der Waals surface area contributed by atoms with Gasteiger partial charge in [0.25, 0.3) is 0 Å². The van der Waals surface area contributed by atoms with Crippen molar-refractivity contribution in [3.8, 4) is 0 Å². The number of benzene rings is 1. The molecule has 0 saturated heterocycles. The molecule has 20 heavy (non-hydrogen) atoms. The SMILES string of the molecule is CCCCCCCCCC(O)c1c(F)ccc(C)c1F. The lowest BCUT2D eigenvalue weighted by molar-refractivity contribution is 0.153. The number of unbranched alkanes of at least 4 members (excludes halogenated alkanes) is 6. The Labute approximate surface area is 121 Å². The lowest BCUT2D eigenvalue weighted by atomic mass is 9.99. The van der Waals surface area contributed by atoms with E-state index in [1.165, 1.54) is 37.8 Å². The first-order valence-electron chi connectivity index (χ1n) is 7.70. The van der Waals surface area contributed by atoms with E-state index in [0.717, 1.165) is 19.3 Å². The maximum atomic E-state index is 13.8. The molecule has 0 spiro atoms. The van der Waals surface area contributed by atoms with Crippen LogP contribution in [0.3, 0.4) is 0 Å². The van der Waals surface area contributed by atoms with E-state index in [0.29, 0.717) is 12.0 Å². The van der Waals surface area contributed by atoms with Gasteiger partial charge in [-0.05, 0) is 25.0 Å². The Kier molecular flexibility index (Phi) is 7.75. The van der Waals surface area contributed by atoms with Crippen LogP contribution in [0.15, 0.2) is 12.1 Å². The number of aliphatic hydroxyl groups excluding tert-OH is 1. The molecule has 1 rings (SSSR count). The first kappa shape index (κ1) is 17.1. The van der Waals surface area contributed by atoms with E-state index < -0.39 is 17.7 Å². The lowest BCUT2D eigenvalue weighted by Crippen LogP contribution is -2.05. The van der Waals surface area contributed by atoms with Crippen LogP contribution in [0, 0.1) is 18.6 Å². The molecule has 114 valence electrons. The van der Waals surface area contributed by atoms with E-state index in [1.807, 2.05) is 0 Å². The molecule has 0 bridgehead atoms. The number of hydrogen-bond donors (Lipinski definition) is 1. The predicted octanol–water partition coefficient (Wildman–Crippen LogP) is 5.45. The molecule has 0 aliphatic carbocycles. The van der Waals surface area contributed by atoms with Crippen LogP contribution in [0.2, 0.25) is 0 Å². The minimum absolute atomic E-state index is 0.170. The highest BCUT2D eigenvalue weighted by Crippen LogP contribution is 2.27. The van der Waals surface area contributed by atoms with Crippen LogP contribution in [-0.2, 0) is 0 Å². The molecule has 0 saturated carbocycles. The van der Waals surface area contributed by atoms with Crippen molar-refractivity contribution in [2.45, 2.75) is 71.3 Å². The van der Waals surface area contributed by atoms with Crippen molar-refractivity contribution in [3.63, 3.8) is 0 Å². The summed E-state index contributed by atoms with van der Waals surface area (Å²) in [7, 11) is 0. The van der Waals surface area contributed by atoms with Crippen molar-refractivity contribution >= 4 is 0 Å². The zero-order valence-electron chi connectivity index (χ0n) is 12.6. The normalized spacial score (nSPS) is 12.7. The Bertz CT molecular complexity index is 404.